The van der Waals surface area contributed by atoms with Crippen LogP contribution in [0, 0.1) is 0 Å². The van der Waals surface area contributed by atoms with Crippen molar-refractivity contribution in [2.45, 2.75) is 0 Å². The molecule has 1 aromatic heterocycles. The summed E-state index contributed by atoms with van der Waals surface area (Å²) in [4.78, 5) is 4.39. The lowest BCUT2D eigenvalue weighted by Gasteiger charge is -2.05. The predicted octanol–water partition coefficient (Wildman–Crippen LogP) is 5.28. The molecule has 0 radical (unpaired) electrons. The molecule has 0 fully saturated rings. The lowest BCUT2D eigenvalue weighted by Crippen LogP contribution is -1.76. The highest BCUT2D eigenvalue weighted by Gasteiger charge is 2.09. The van der Waals surface area contributed by atoms with Gasteiger partial charge in [0.2, 0.25) is 5.13 Å². The van der Waals surface area contributed by atoms with E-state index in [2.05, 4.69) is 15.2 Å². The van der Waals surface area contributed by atoms with Crippen LogP contribution in [-0.2, 0) is 0 Å². The molecule has 0 saturated carbocycles. The summed E-state index contributed by atoms with van der Waals surface area (Å²) < 4.78 is 1.04. The zero-order valence-electron chi connectivity index (χ0n) is 11.8. The maximum atomic E-state index is 10.1. The summed E-state index contributed by atoms with van der Waals surface area (Å²) >= 11 is 1.45. The van der Waals surface area contributed by atoms with E-state index in [-0.39, 0.29) is 11.5 Å². The van der Waals surface area contributed by atoms with E-state index in [4.69, 9.17) is 0 Å². The van der Waals surface area contributed by atoms with Crippen molar-refractivity contribution >= 4 is 43.1 Å². The van der Waals surface area contributed by atoms with Crippen LogP contribution < -0.4 is 0 Å². The van der Waals surface area contributed by atoms with Gasteiger partial charge in [-0.1, -0.05) is 35.6 Å². The Hall–Kier alpha value is -2.99. The molecule has 0 aliphatic rings. The summed E-state index contributed by atoms with van der Waals surface area (Å²) in [6, 6.07) is 15.9. The first-order valence-electron chi connectivity index (χ1n) is 6.93. The van der Waals surface area contributed by atoms with E-state index in [9.17, 15) is 10.2 Å². The number of para-hydroxylation sites is 1. The first-order chi connectivity index (χ1) is 11.2. The van der Waals surface area contributed by atoms with Crippen molar-refractivity contribution in [3.63, 3.8) is 0 Å². The number of fused-ring (bicyclic) bond motifs is 2. The number of aromatic hydroxyl groups is 2. The maximum absolute atomic E-state index is 10.1. The summed E-state index contributed by atoms with van der Waals surface area (Å²) in [7, 11) is 0. The minimum Gasteiger partial charge on any atom is -0.507 e. The number of aromatic nitrogens is 1. The summed E-state index contributed by atoms with van der Waals surface area (Å²) in [5.74, 6) is 0.145. The minimum absolute atomic E-state index is 0.0525. The molecule has 1 heterocycles. The van der Waals surface area contributed by atoms with Crippen molar-refractivity contribution in [2.24, 2.45) is 10.2 Å². The molecular weight excluding hydrogens is 310 g/mol. The molecule has 0 saturated heterocycles. The number of azo groups is 1. The Morgan fingerprint density at radius 1 is 0.826 bits per heavy atom. The molecule has 0 bridgehead atoms. The Balaban J connectivity index is 1.82. The van der Waals surface area contributed by atoms with E-state index in [0.29, 0.717) is 21.6 Å². The van der Waals surface area contributed by atoms with E-state index >= 15 is 0 Å². The minimum atomic E-state index is 0.0525. The number of rotatable bonds is 2. The Morgan fingerprint density at radius 2 is 1.65 bits per heavy atom. The van der Waals surface area contributed by atoms with Crippen molar-refractivity contribution in [3.05, 3.63) is 54.6 Å². The summed E-state index contributed by atoms with van der Waals surface area (Å²) in [5.41, 5.74) is 1.36. The summed E-state index contributed by atoms with van der Waals surface area (Å²) in [6.45, 7) is 0. The lowest BCUT2D eigenvalue weighted by atomic mass is 10.1. The fourth-order valence-corrected chi connectivity index (χ4v) is 3.22. The fourth-order valence-electron chi connectivity index (χ4n) is 2.44. The largest absolute Gasteiger partial charge is 0.507 e. The van der Waals surface area contributed by atoms with Gasteiger partial charge in [0.15, 0.2) is 0 Å². The van der Waals surface area contributed by atoms with Crippen molar-refractivity contribution in [3.8, 4) is 11.5 Å². The van der Waals surface area contributed by atoms with E-state index < -0.39 is 0 Å². The molecule has 5 nitrogen and oxygen atoms in total. The van der Waals surface area contributed by atoms with E-state index in [0.717, 1.165) is 10.2 Å². The van der Waals surface area contributed by atoms with Gasteiger partial charge in [0.05, 0.1) is 21.3 Å². The van der Waals surface area contributed by atoms with Crippen molar-refractivity contribution in [2.75, 3.05) is 0 Å². The van der Waals surface area contributed by atoms with Crippen LogP contribution >= 0.6 is 11.3 Å². The molecule has 23 heavy (non-hydrogen) atoms. The quantitative estimate of drug-likeness (QED) is 0.389. The number of hydrogen-bond acceptors (Lipinski definition) is 6. The third kappa shape index (κ3) is 2.39. The first-order valence-corrected chi connectivity index (χ1v) is 7.75. The molecule has 0 aliphatic carbocycles. The molecule has 6 heteroatoms. The highest BCUT2D eigenvalue weighted by Crippen LogP contribution is 2.39. The average molecular weight is 321 g/mol. The molecule has 2 N–H and O–H groups in total. The van der Waals surface area contributed by atoms with Gasteiger partial charge in [0.1, 0.15) is 11.5 Å². The van der Waals surface area contributed by atoms with Gasteiger partial charge in [-0.25, -0.2) is 4.98 Å². The van der Waals surface area contributed by atoms with Gasteiger partial charge >= 0.3 is 0 Å². The van der Waals surface area contributed by atoms with Crippen LogP contribution in [0.4, 0.5) is 10.8 Å². The van der Waals surface area contributed by atoms with Crippen LogP contribution in [-0.4, -0.2) is 15.2 Å². The van der Waals surface area contributed by atoms with Crippen LogP contribution in [0.25, 0.3) is 21.0 Å². The Morgan fingerprint density at radius 3 is 2.52 bits per heavy atom. The van der Waals surface area contributed by atoms with Gasteiger partial charge in [-0.3, -0.25) is 0 Å². The van der Waals surface area contributed by atoms with Gasteiger partial charge in [-0.15, -0.1) is 10.2 Å². The van der Waals surface area contributed by atoms with Gasteiger partial charge in [-0.05, 0) is 30.3 Å². The predicted molar refractivity (Wildman–Crippen MR) is 91.1 cm³/mol. The number of benzene rings is 3. The van der Waals surface area contributed by atoms with Gasteiger partial charge in [-0.2, -0.15) is 0 Å². The van der Waals surface area contributed by atoms with E-state index in [1.165, 1.54) is 23.5 Å². The molecule has 0 unspecified atom stereocenters. The van der Waals surface area contributed by atoms with Crippen molar-refractivity contribution < 1.29 is 10.2 Å². The maximum Gasteiger partial charge on any atom is 0.231 e. The average Bonchev–Trinajstić information content (AvgIpc) is 2.99. The fraction of sp³-hybridized carbons (Fsp3) is 0. The van der Waals surface area contributed by atoms with Gasteiger partial charge in [0, 0.05) is 5.39 Å². The topological polar surface area (TPSA) is 78.1 Å². The van der Waals surface area contributed by atoms with E-state index in [1.54, 1.807) is 18.2 Å². The SMILES string of the molecule is Oc1ccc(O)c2c(N=Nc3nc4ccccc4s3)cccc12. The Labute approximate surface area is 135 Å². The standard InChI is InChI=1S/C17H11N3O2S/c21-13-8-9-14(22)16-10(13)4-3-6-12(16)19-20-17-18-11-5-1-2-7-15(11)23-17/h1-9,21-22H. The van der Waals surface area contributed by atoms with Crippen LogP contribution in [0.5, 0.6) is 11.5 Å². The highest BCUT2D eigenvalue weighted by molar-refractivity contribution is 7.21. The Bertz CT molecular complexity index is 1020. The molecule has 0 spiro atoms. The first kappa shape index (κ1) is 13.7. The molecule has 0 amide bonds. The molecule has 4 aromatic rings. The van der Waals surface area contributed by atoms with Crippen LogP contribution in [0.2, 0.25) is 0 Å². The number of hydrogen-bond donors (Lipinski definition) is 2. The van der Waals surface area contributed by atoms with Crippen LogP contribution in [0.3, 0.4) is 0 Å². The van der Waals surface area contributed by atoms with Gasteiger partial charge < -0.3 is 10.2 Å². The van der Waals surface area contributed by atoms with E-state index in [1.807, 2.05) is 24.3 Å². The van der Waals surface area contributed by atoms with Crippen LogP contribution in [0.15, 0.2) is 64.8 Å². The lowest BCUT2D eigenvalue weighted by molar-refractivity contribution is 0.469. The molecule has 3 aromatic carbocycles. The monoisotopic (exact) mass is 321 g/mol. The normalized spacial score (nSPS) is 11.7. The molecule has 0 atom stereocenters. The second kappa shape index (κ2) is 5.33. The third-order valence-electron chi connectivity index (χ3n) is 3.50. The highest BCUT2D eigenvalue weighted by atomic mass is 32.1. The second-order valence-electron chi connectivity index (χ2n) is 4.97. The zero-order chi connectivity index (χ0) is 15.8. The Kier molecular flexibility index (Phi) is 3.17. The summed E-state index contributed by atoms with van der Waals surface area (Å²) in [5, 5.41) is 29.9. The van der Waals surface area contributed by atoms with Crippen LogP contribution in [0.1, 0.15) is 0 Å². The molecular formula is C17H11N3O2S. The number of phenolic OH excluding ortho intramolecular Hbond substituents is 2. The third-order valence-corrected chi connectivity index (χ3v) is 4.42. The van der Waals surface area contributed by atoms with Crippen molar-refractivity contribution in [1.29, 1.82) is 0 Å². The number of nitrogens with zero attached hydrogens (tertiary/aromatic N) is 3. The number of thiazole rings is 1. The molecule has 112 valence electrons. The molecule has 4 rings (SSSR count). The zero-order valence-corrected chi connectivity index (χ0v) is 12.7. The van der Waals surface area contributed by atoms with Gasteiger partial charge in [0.25, 0.3) is 0 Å². The molecule has 0 aliphatic heterocycles. The smallest absolute Gasteiger partial charge is 0.231 e. The second-order valence-corrected chi connectivity index (χ2v) is 5.98. The van der Waals surface area contributed by atoms with Crippen molar-refractivity contribution in [1.82, 2.24) is 4.98 Å². The number of phenols is 2. The summed E-state index contributed by atoms with van der Waals surface area (Å²) in [6.07, 6.45) is 0.